The molecule has 4 aromatic rings. The smallest absolute Gasteiger partial charge is 0.311 e. The van der Waals surface area contributed by atoms with Crippen molar-refractivity contribution in [3.63, 3.8) is 0 Å². The second kappa shape index (κ2) is 28.9. The van der Waals surface area contributed by atoms with Gasteiger partial charge in [-0.3, -0.25) is 4.79 Å². The fourth-order valence-corrected chi connectivity index (χ4v) is 19.7. The van der Waals surface area contributed by atoms with Crippen molar-refractivity contribution in [3.05, 3.63) is 145 Å². The summed E-state index contributed by atoms with van der Waals surface area (Å²) in [4.78, 5) is 13.6. The van der Waals surface area contributed by atoms with Gasteiger partial charge in [0.25, 0.3) is 8.32 Å². The van der Waals surface area contributed by atoms with Crippen molar-refractivity contribution in [2.75, 3.05) is 13.2 Å². The summed E-state index contributed by atoms with van der Waals surface area (Å²) in [6, 6.07) is 44.7. The lowest BCUT2D eigenvalue weighted by atomic mass is 9.81. The van der Waals surface area contributed by atoms with Crippen molar-refractivity contribution in [1.29, 1.82) is 0 Å². The van der Waals surface area contributed by atoms with Gasteiger partial charge in [-0.15, -0.1) is 0 Å². The second-order valence-corrected chi connectivity index (χ2v) is 39.6. The van der Waals surface area contributed by atoms with Crippen molar-refractivity contribution in [1.82, 2.24) is 0 Å². The predicted octanol–water partition coefficient (Wildman–Crippen LogP) is 14.6. The maximum atomic E-state index is 13.6. The number of hydrogen-bond acceptors (Lipinski definition) is 9. The van der Waals surface area contributed by atoms with E-state index in [0.29, 0.717) is 32.7 Å². The topological polar surface area (TPSA) is 102 Å². The molecular weight excluding hydrogens is 1020 g/mol. The fourth-order valence-electron chi connectivity index (χ4n) is 10.8. The van der Waals surface area contributed by atoms with Crippen LogP contribution in [0.4, 0.5) is 0 Å². The number of ether oxygens (including phenoxy) is 4. The predicted molar refractivity (Wildman–Crippen MR) is 329 cm³/mol. The number of rotatable bonds is 29. The van der Waals surface area contributed by atoms with Crippen LogP contribution in [0.2, 0.25) is 41.3 Å². The molecule has 4 aromatic carbocycles. The first-order valence-corrected chi connectivity index (χ1v) is 36.7. The van der Waals surface area contributed by atoms with E-state index in [1.54, 1.807) is 0 Å². The quantitative estimate of drug-likeness (QED) is 0.0246. The molecule has 0 radical (unpaired) electrons. The highest BCUT2D eigenvalue weighted by Crippen LogP contribution is 2.43. The summed E-state index contributed by atoms with van der Waals surface area (Å²) in [7, 11) is -7.48. The van der Waals surface area contributed by atoms with E-state index in [1.807, 2.05) is 57.2 Å². The zero-order valence-corrected chi connectivity index (χ0v) is 53.9. The van der Waals surface area contributed by atoms with Crippen molar-refractivity contribution < 1.29 is 42.1 Å². The van der Waals surface area contributed by atoms with E-state index < -0.39 is 67.0 Å². The van der Waals surface area contributed by atoms with Gasteiger partial charge in [0.15, 0.2) is 16.6 Å². The van der Waals surface area contributed by atoms with Gasteiger partial charge < -0.3 is 37.3 Å². The average Bonchev–Trinajstić information content (AvgIpc) is 3.50. The molecule has 9 nitrogen and oxygen atoms in total. The summed E-state index contributed by atoms with van der Waals surface area (Å²) < 4.78 is 50.0. The van der Waals surface area contributed by atoms with Crippen LogP contribution in [-0.4, -0.2) is 92.0 Å². The average molecular weight is 1120 g/mol. The molecule has 78 heavy (non-hydrogen) atoms. The number of aliphatic hydroxyl groups is 1. The highest BCUT2D eigenvalue weighted by Gasteiger charge is 2.53. The van der Waals surface area contributed by atoms with E-state index in [4.69, 9.17) is 38.8 Å². The van der Waals surface area contributed by atoms with Crippen LogP contribution in [0.3, 0.4) is 0 Å². The van der Waals surface area contributed by atoms with Crippen LogP contribution in [0.1, 0.15) is 134 Å². The maximum absolute atomic E-state index is 13.6. The molecule has 1 aliphatic heterocycles. The molecule has 0 aromatic heterocycles. The Kier molecular flexibility index (Phi) is 24.2. The van der Waals surface area contributed by atoms with Crippen LogP contribution in [0.25, 0.3) is 0 Å². The summed E-state index contributed by atoms with van der Waals surface area (Å²) >= 11 is 0. The zero-order valence-electron chi connectivity index (χ0n) is 50.9. The first-order valence-electron chi connectivity index (χ1n) is 29.3. The molecule has 9 atom stereocenters. The lowest BCUT2D eigenvalue weighted by Crippen LogP contribution is -2.66. The minimum Gasteiger partial charge on any atom is -0.462 e. The Labute approximate surface area is 475 Å². The van der Waals surface area contributed by atoms with Crippen LogP contribution in [0.5, 0.6) is 0 Å². The lowest BCUT2D eigenvalue weighted by molar-refractivity contribution is -0.252. The summed E-state index contributed by atoms with van der Waals surface area (Å²) in [6.45, 7) is 41.2. The largest absolute Gasteiger partial charge is 0.462 e. The van der Waals surface area contributed by atoms with Crippen LogP contribution >= 0.6 is 0 Å². The minimum absolute atomic E-state index is 0.0235. The Balaban J connectivity index is 1.49. The number of unbranched alkanes of at least 4 members (excludes halogenated alkanes) is 1. The van der Waals surface area contributed by atoms with Crippen LogP contribution in [0.15, 0.2) is 133 Å². The van der Waals surface area contributed by atoms with E-state index >= 15 is 0 Å². The summed E-state index contributed by atoms with van der Waals surface area (Å²) in [6.07, 6.45) is -1.18. The zero-order chi connectivity index (χ0) is 57.5. The number of carbonyl (C=O) groups excluding carboxylic acids is 1. The molecule has 12 heteroatoms. The molecule has 0 saturated carbocycles. The Bertz CT molecular complexity index is 2330. The number of esters is 1. The van der Waals surface area contributed by atoms with Gasteiger partial charge in [-0.05, 0) is 115 Å². The highest BCUT2D eigenvalue weighted by atomic mass is 28.4. The molecule has 0 aliphatic carbocycles. The fraction of sp³-hybridized carbons (Fsp3) is 0.591. The summed E-state index contributed by atoms with van der Waals surface area (Å²) in [5, 5.41) is 14.7. The van der Waals surface area contributed by atoms with Gasteiger partial charge in [0.2, 0.25) is 0 Å². The van der Waals surface area contributed by atoms with Crippen LogP contribution in [0, 0.1) is 17.3 Å². The highest BCUT2D eigenvalue weighted by molar-refractivity contribution is 6.99. The molecule has 5 rings (SSSR count). The molecule has 1 heterocycles. The third-order valence-corrected chi connectivity index (χ3v) is 31.3. The monoisotopic (exact) mass is 1120 g/mol. The van der Waals surface area contributed by atoms with Crippen molar-refractivity contribution in [3.8, 4) is 0 Å². The van der Waals surface area contributed by atoms with Gasteiger partial charge >= 0.3 is 5.97 Å². The van der Waals surface area contributed by atoms with Crippen LogP contribution in [-0.2, 0) is 50.2 Å². The third-order valence-electron chi connectivity index (χ3n) is 17.2. The Morgan fingerprint density at radius 3 is 1.60 bits per heavy atom. The molecule has 1 aliphatic rings. The molecule has 0 bridgehead atoms. The van der Waals surface area contributed by atoms with Gasteiger partial charge in [0.05, 0.1) is 49.1 Å². The molecule has 1 fully saturated rings. The Morgan fingerprint density at radius 1 is 0.679 bits per heavy atom. The third kappa shape index (κ3) is 17.0. The summed E-state index contributed by atoms with van der Waals surface area (Å²) in [5.74, 6) is -0.801. The normalized spacial score (nSPS) is 20.4. The van der Waals surface area contributed by atoms with Crippen molar-refractivity contribution in [2.24, 2.45) is 17.3 Å². The van der Waals surface area contributed by atoms with Crippen molar-refractivity contribution in [2.45, 2.75) is 220 Å². The molecule has 1 N–H and O–H groups in total. The first kappa shape index (κ1) is 65.3. The number of hydrogen-bond donors (Lipinski definition) is 1. The second-order valence-electron chi connectivity index (χ2n) is 25.9. The minimum atomic E-state index is -2.70. The molecule has 0 amide bonds. The van der Waals surface area contributed by atoms with Gasteiger partial charge in [-0.2, -0.15) is 0 Å². The maximum Gasteiger partial charge on any atom is 0.311 e. The SMILES string of the molecule is C=C(C[C@H](O[Si](C)(C)C(C)(C)C)[C@@H](C)[C@H](O)CCCCO[Si](c1ccccc1)(c1ccccc1)C(C)(C)C)[C@@H](O[Si](CC)(CC)CC)[C@@H]1O[C@H](COC(=O)C(C)(C)C)[C@@H](OCc2ccccc2)[C@H](OCc2ccccc2)[C@H]1C. The van der Waals surface area contributed by atoms with Gasteiger partial charge in [-0.1, -0.05) is 204 Å². The van der Waals surface area contributed by atoms with E-state index in [2.05, 4.69) is 174 Å². The van der Waals surface area contributed by atoms with E-state index in [0.717, 1.165) is 47.7 Å². The van der Waals surface area contributed by atoms with Gasteiger partial charge in [0.1, 0.15) is 18.8 Å². The van der Waals surface area contributed by atoms with E-state index in [1.165, 1.54) is 10.4 Å². The molecule has 1 saturated heterocycles. The number of carbonyl (C=O) groups is 1. The van der Waals surface area contributed by atoms with E-state index in [9.17, 15) is 9.90 Å². The summed E-state index contributed by atoms with van der Waals surface area (Å²) in [5.41, 5.74) is 2.21. The van der Waals surface area contributed by atoms with E-state index in [-0.39, 0.29) is 40.6 Å². The molecule has 0 spiro atoms. The molecule has 0 unspecified atom stereocenters. The first-order chi connectivity index (χ1) is 36.7. The molecular formula is C66H102O9Si3. The number of benzene rings is 4. The Morgan fingerprint density at radius 2 is 1.15 bits per heavy atom. The van der Waals surface area contributed by atoms with Gasteiger partial charge in [-0.25, -0.2) is 0 Å². The number of aliphatic hydroxyl groups excluding tert-OH is 1. The Hall–Kier alpha value is -3.54. The van der Waals surface area contributed by atoms with Gasteiger partial charge in [0, 0.05) is 18.4 Å². The lowest BCUT2D eigenvalue weighted by Gasteiger charge is -2.50. The molecule has 432 valence electrons. The van der Waals surface area contributed by atoms with Crippen LogP contribution < -0.4 is 10.4 Å². The van der Waals surface area contributed by atoms with Crippen molar-refractivity contribution >= 4 is 41.3 Å². The standard InChI is InChI=1S/C66H102O9Si3/c1-18-77(19-2,20-3)75-59(61-51(6)60(69-46-52-35-25-21-26-36-52)62(70-47-53-37-27-22-28-38-53)58(73-61)48-71-63(68)64(7,8)9)49(4)45-57(74-76(16,17)65(10,11)12)50(5)56(67)43-33-34-44-72-78(66(13,14)15,54-39-29-23-30-40-54)55-41-31-24-32-42-55/h21-32,35-42,50-51,56-62,67H,4,18-20,33-34,43-48H2,1-3,5-17H3/t50-,51+,56+,57-,58+,59+,60+,61+,62+/m0/s1.